The molecule has 0 atom stereocenters. The van der Waals surface area contributed by atoms with E-state index in [2.05, 4.69) is 0 Å². The molecule has 0 amide bonds. The average Bonchev–Trinajstić information content (AvgIpc) is 2.32. The maximum absolute atomic E-state index is 11.6. The number of hydrogen-bond acceptors (Lipinski definition) is 2. The van der Waals surface area contributed by atoms with Crippen LogP contribution in [0.15, 0.2) is 30.3 Å². The van der Waals surface area contributed by atoms with Gasteiger partial charge in [-0.1, -0.05) is 44.2 Å². The third-order valence-electron chi connectivity index (χ3n) is 2.80. The van der Waals surface area contributed by atoms with Crippen LogP contribution >= 0.6 is 0 Å². The molecule has 0 heterocycles. The first kappa shape index (κ1) is 12.8. The van der Waals surface area contributed by atoms with Crippen LogP contribution in [0.5, 0.6) is 0 Å². The molecule has 0 fully saturated rings. The SMILES string of the molecule is CCC(CC)C(=O)OCCc1ccccc1. The molecule has 0 aliphatic carbocycles. The minimum Gasteiger partial charge on any atom is -0.465 e. The van der Waals surface area contributed by atoms with Crippen LogP contribution in [0.4, 0.5) is 0 Å². The van der Waals surface area contributed by atoms with Crippen molar-refractivity contribution in [3.8, 4) is 0 Å². The fourth-order valence-corrected chi connectivity index (χ4v) is 1.65. The van der Waals surface area contributed by atoms with Crippen molar-refractivity contribution in [3.63, 3.8) is 0 Å². The van der Waals surface area contributed by atoms with Gasteiger partial charge in [0.1, 0.15) is 0 Å². The zero-order chi connectivity index (χ0) is 11.8. The van der Waals surface area contributed by atoms with E-state index in [9.17, 15) is 4.79 Å². The van der Waals surface area contributed by atoms with Gasteiger partial charge in [0, 0.05) is 6.42 Å². The summed E-state index contributed by atoms with van der Waals surface area (Å²) >= 11 is 0. The van der Waals surface area contributed by atoms with Crippen molar-refractivity contribution in [1.29, 1.82) is 0 Å². The molecular formula is C14H20O2. The molecular weight excluding hydrogens is 200 g/mol. The molecule has 16 heavy (non-hydrogen) atoms. The van der Waals surface area contributed by atoms with Gasteiger partial charge in [0.2, 0.25) is 0 Å². The highest BCUT2D eigenvalue weighted by atomic mass is 16.5. The summed E-state index contributed by atoms with van der Waals surface area (Å²) in [5, 5.41) is 0. The quantitative estimate of drug-likeness (QED) is 0.688. The van der Waals surface area contributed by atoms with Gasteiger partial charge in [-0.05, 0) is 18.4 Å². The number of esters is 1. The van der Waals surface area contributed by atoms with Gasteiger partial charge in [-0.25, -0.2) is 0 Å². The lowest BCUT2D eigenvalue weighted by Crippen LogP contribution is -2.17. The van der Waals surface area contributed by atoms with Crippen LogP contribution in [0.2, 0.25) is 0 Å². The van der Waals surface area contributed by atoms with Gasteiger partial charge in [0.05, 0.1) is 12.5 Å². The summed E-state index contributed by atoms with van der Waals surface area (Å²) < 4.78 is 5.25. The van der Waals surface area contributed by atoms with Gasteiger partial charge in [-0.3, -0.25) is 4.79 Å². The third-order valence-corrected chi connectivity index (χ3v) is 2.80. The molecule has 1 aromatic carbocycles. The Bertz CT molecular complexity index is 302. The number of hydrogen-bond donors (Lipinski definition) is 0. The number of rotatable bonds is 6. The topological polar surface area (TPSA) is 26.3 Å². The van der Waals surface area contributed by atoms with Crippen molar-refractivity contribution >= 4 is 5.97 Å². The number of ether oxygens (including phenoxy) is 1. The molecule has 1 aromatic rings. The van der Waals surface area contributed by atoms with E-state index in [0.29, 0.717) is 6.61 Å². The molecule has 0 aliphatic rings. The van der Waals surface area contributed by atoms with Crippen LogP contribution in [0.1, 0.15) is 32.3 Å². The van der Waals surface area contributed by atoms with Crippen molar-refractivity contribution in [2.24, 2.45) is 5.92 Å². The van der Waals surface area contributed by atoms with E-state index < -0.39 is 0 Å². The fraction of sp³-hybridized carbons (Fsp3) is 0.500. The van der Waals surface area contributed by atoms with Crippen LogP contribution in [0.3, 0.4) is 0 Å². The van der Waals surface area contributed by atoms with Crippen molar-refractivity contribution in [2.45, 2.75) is 33.1 Å². The Morgan fingerprint density at radius 2 is 1.81 bits per heavy atom. The van der Waals surface area contributed by atoms with E-state index >= 15 is 0 Å². The molecule has 0 bridgehead atoms. The maximum Gasteiger partial charge on any atom is 0.308 e. The van der Waals surface area contributed by atoms with Crippen molar-refractivity contribution in [1.82, 2.24) is 0 Å². The Morgan fingerprint density at radius 3 is 2.38 bits per heavy atom. The van der Waals surface area contributed by atoms with Gasteiger partial charge in [0.15, 0.2) is 0 Å². The smallest absolute Gasteiger partial charge is 0.308 e. The fourth-order valence-electron chi connectivity index (χ4n) is 1.65. The number of benzene rings is 1. The summed E-state index contributed by atoms with van der Waals surface area (Å²) in [6.07, 6.45) is 2.52. The highest BCUT2D eigenvalue weighted by molar-refractivity contribution is 5.72. The zero-order valence-electron chi connectivity index (χ0n) is 10.1. The van der Waals surface area contributed by atoms with Crippen LogP contribution in [0, 0.1) is 5.92 Å². The van der Waals surface area contributed by atoms with Crippen molar-refractivity contribution in [2.75, 3.05) is 6.61 Å². The molecule has 0 aromatic heterocycles. The molecule has 88 valence electrons. The molecule has 0 N–H and O–H groups in total. The summed E-state index contributed by atoms with van der Waals surface area (Å²) in [6, 6.07) is 10.1. The minimum atomic E-state index is -0.0547. The van der Waals surface area contributed by atoms with Crippen LogP contribution < -0.4 is 0 Å². The molecule has 0 radical (unpaired) electrons. The molecule has 1 rings (SSSR count). The van der Waals surface area contributed by atoms with E-state index in [1.165, 1.54) is 5.56 Å². The van der Waals surface area contributed by atoms with Crippen LogP contribution in [-0.2, 0) is 16.0 Å². The van der Waals surface area contributed by atoms with E-state index in [1.807, 2.05) is 44.2 Å². The molecule has 0 saturated carbocycles. The number of carbonyl (C=O) groups is 1. The summed E-state index contributed by atoms with van der Waals surface area (Å²) in [7, 11) is 0. The van der Waals surface area contributed by atoms with E-state index in [-0.39, 0.29) is 11.9 Å². The summed E-state index contributed by atoms with van der Waals surface area (Å²) in [5.41, 5.74) is 1.21. The highest BCUT2D eigenvalue weighted by Crippen LogP contribution is 2.10. The average molecular weight is 220 g/mol. The van der Waals surface area contributed by atoms with Crippen molar-refractivity contribution in [3.05, 3.63) is 35.9 Å². The normalized spacial score (nSPS) is 10.4. The Labute approximate surface area is 97.6 Å². The monoisotopic (exact) mass is 220 g/mol. The van der Waals surface area contributed by atoms with Crippen molar-refractivity contribution < 1.29 is 9.53 Å². The van der Waals surface area contributed by atoms with Gasteiger partial charge < -0.3 is 4.74 Å². The summed E-state index contributed by atoms with van der Waals surface area (Å²) in [6.45, 7) is 4.53. The Kier molecular flexibility index (Phi) is 5.62. The van der Waals surface area contributed by atoms with Crippen LogP contribution in [-0.4, -0.2) is 12.6 Å². The lowest BCUT2D eigenvalue weighted by molar-refractivity contribution is -0.148. The summed E-state index contributed by atoms with van der Waals surface area (Å²) in [4.78, 5) is 11.6. The van der Waals surface area contributed by atoms with Crippen LogP contribution in [0.25, 0.3) is 0 Å². The number of carbonyl (C=O) groups excluding carboxylic acids is 1. The first-order valence-corrected chi connectivity index (χ1v) is 5.98. The second-order valence-corrected chi connectivity index (χ2v) is 3.92. The predicted octanol–water partition coefficient (Wildman–Crippen LogP) is 3.21. The second kappa shape index (κ2) is 7.04. The maximum atomic E-state index is 11.6. The van der Waals surface area contributed by atoms with E-state index in [0.717, 1.165) is 19.3 Å². The first-order chi connectivity index (χ1) is 7.77. The zero-order valence-corrected chi connectivity index (χ0v) is 10.1. The third kappa shape index (κ3) is 4.05. The largest absolute Gasteiger partial charge is 0.465 e. The molecule has 0 saturated heterocycles. The summed E-state index contributed by atoms with van der Waals surface area (Å²) in [5.74, 6) is 0.0108. The molecule has 0 aliphatic heterocycles. The lowest BCUT2D eigenvalue weighted by Gasteiger charge is -2.11. The Balaban J connectivity index is 2.28. The van der Waals surface area contributed by atoms with E-state index in [4.69, 9.17) is 4.74 Å². The van der Waals surface area contributed by atoms with Gasteiger partial charge in [-0.2, -0.15) is 0 Å². The highest BCUT2D eigenvalue weighted by Gasteiger charge is 2.14. The Hall–Kier alpha value is -1.31. The van der Waals surface area contributed by atoms with Gasteiger partial charge in [0.25, 0.3) is 0 Å². The predicted molar refractivity (Wildman–Crippen MR) is 65.2 cm³/mol. The molecule has 2 nitrogen and oxygen atoms in total. The molecule has 0 unspecified atom stereocenters. The van der Waals surface area contributed by atoms with Gasteiger partial charge in [-0.15, -0.1) is 0 Å². The Morgan fingerprint density at radius 1 is 1.19 bits per heavy atom. The standard InChI is InChI=1S/C14H20O2/c1-3-13(4-2)14(15)16-11-10-12-8-6-5-7-9-12/h5-9,13H,3-4,10-11H2,1-2H3. The van der Waals surface area contributed by atoms with Gasteiger partial charge >= 0.3 is 5.97 Å². The molecule has 2 heteroatoms. The first-order valence-electron chi connectivity index (χ1n) is 5.98. The van der Waals surface area contributed by atoms with E-state index in [1.54, 1.807) is 0 Å². The second-order valence-electron chi connectivity index (χ2n) is 3.92. The lowest BCUT2D eigenvalue weighted by atomic mass is 10.0. The molecule has 0 spiro atoms. The minimum absolute atomic E-state index is 0.0547.